The zero-order chi connectivity index (χ0) is 8.74. The van der Waals surface area contributed by atoms with E-state index in [4.69, 9.17) is 8.85 Å². The van der Waals surface area contributed by atoms with Crippen LogP contribution in [0.1, 0.15) is 26.2 Å². The summed E-state index contributed by atoms with van der Waals surface area (Å²) in [6.07, 6.45) is 3.26. The van der Waals surface area contributed by atoms with Gasteiger partial charge in [0.15, 0.2) is 0 Å². The van der Waals surface area contributed by atoms with E-state index in [9.17, 15) is 4.80 Å². The van der Waals surface area contributed by atoms with Crippen LogP contribution in [0, 0.1) is 0 Å². The molecule has 0 saturated heterocycles. The molecule has 0 aromatic heterocycles. The third-order valence-corrected chi connectivity index (χ3v) is 4.00. The quantitative estimate of drug-likeness (QED) is 0.493. The highest BCUT2D eigenvalue weighted by Crippen LogP contribution is 2.12. The maximum atomic E-state index is 9.55. The van der Waals surface area contributed by atoms with Crippen LogP contribution in [-0.2, 0) is 8.85 Å². The third-order valence-electron chi connectivity index (χ3n) is 1.73. The van der Waals surface area contributed by atoms with Crippen molar-refractivity contribution >= 4 is 8.80 Å². The molecule has 0 aromatic carbocycles. The van der Waals surface area contributed by atoms with Gasteiger partial charge < -0.3 is 13.6 Å². The molecular weight excluding hydrogens is 160 g/mol. The van der Waals surface area contributed by atoms with Crippen molar-refractivity contribution in [1.82, 2.24) is 0 Å². The molecule has 0 aromatic rings. The van der Waals surface area contributed by atoms with Gasteiger partial charge in [0.2, 0.25) is 0 Å². The molecule has 0 aliphatic heterocycles. The smallest absolute Gasteiger partial charge is 0.390 e. The fourth-order valence-electron chi connectivity index (χ4n) is 0.886. The van der Waals surface area contributed by atoms with Crippen molar-refractivity contribution in [3.8, 4) is 0 Å². The molecule has 68 valence electrons. The summed E-state index contributed by atoms with van der Waals surface area (Å²) in [5.74, 6) is 0. The molecule has 3 nitrogen and oxygen atoms in total. The van der Waals surface area contributed by atoms with Gasteiger partial charge in [0.25, 0.3) is 0 Å². The Morgan fingerprint density at radius 3 is 2.09 bits per heavy atom. The Morgan fingerprint density at radius 2 is 1.73 bits per heavy atom. The molecule has 0 fully saturated rings. The molecule has 4 heteroatoms. The van der Waals surface area contributed by atoms with E-state index in [0.717, 1.165) is 19.3 Å². The SMILES string of the molecule is CCCCC[Si](O)(OC)OC. The first-order valence-corrected chi connectivity index (χ1v) is 5.98. The normalized spacial score (nSPS) is 12.0. The van der Waals surface area contributed by atoms with E-state index < -0.39 is 8.80 Å². The predicted molar refractivity (Wildman–Crippen MR) is 46.3 cm³/mol. The van der Waals surface area contributed by atoms with Crippen LogP contribution in [0.4, 0.5) is 0 Å². The summed E-state index contributed by atoms with van der Waals surface area (Å²) in [6, 6.07) is 0.674. The van der Waals surface area contributed by atoms with Gasteiger partial charge in [-0.3, -0.25) is 0 Å². The van der Waals surface area contributed by atoms with Crippen molar-refractivity contribution < 1.29 is 13.6 Å². The van der Waals surface area contributed by atoms with Gasteiger partial charge in [-0.25, -0.2) is 0 Å². The zero-order valence-electron chi connectivity index (χ0n) is 7.59. The first-order valence-electron chi connectivity index (χ1n) is 4.01. The Bertz CT molecular complexity index is 93.7. The lowest BCUT2D eigenvalue weighted by molar-refractivity contribution is 0.150. The fourth-order valence-corrected chi connectivity index (χ4v) is 2.16. The number of rotatable bonds is 6. The Balaban J connectivity index is 3.51. The molecule has 0 unspecified atom stereocenters. The van der Waals surface area contributed by atoms with Gasteiger partial charge in [-0.05, 0) is 6.42 Å². The van der Waals surface area contributed by atoms with E-state index in [-0.39, 0.29) is 0 Å². The van der Waals surface area contributed by atoms with Gasteiger partial charge in [-0.1, -0.05) is 19.8 Å². The maximum absolute atomic E-state index is 9.55. The van der Waals surface area contributed by atoms with E-state index in [1.165, 1.54) is 14.2 Å². The summed E-state index contributed by atoms with van der Waals surface area (Å²) in [4.78, 5) is 9.55. The molecule has 0 bridgehead atoms. The molecule has 0 radical (unpaired) electrons. The molecule has 0 atom stereocenters. The minimum Gasteiger partial charge on any atom is -0.390 e. The van der Waals surface area contributed by atoms with Crippen LogP contribution in [0.15, 0.2) is 0 Å². The van der Waals surface area contributed by atoms with Crippen LogP contribution in [0.25, 0.3) is 0 Å². The first kappa shape index (κ1) is 11.1. The molecule has 0 spiro atoms. The van der Waals surface area contributed by atoms with Crippen molar-refractivity contribution in [1.29, 1.82) is 0 Å². The van der Waals surface area contributed by atoms with E-state index in [1.807, 2.05) is 0 Å². The van der Waals surface area contributed by atoms with Crippen molar-refractivity contribution in [2.45, 2.75) is 32.2 Å². The molecule has 0 amide bonds. The minimum atomic E-state index is -2.73. The van der Waals surface area contributed by atoms with Crippen LogP contribution in [0.2, 0.25) is 6.04 Å². The standard InChI is InChI=1S/C7H18O3Si/c1-4-5-6-7-11(8,9-2)10-3/h8H,4-7H2,1-3H3. The van der Waals surface area contributed by atoms with Crippen LogP contribution >= 0.6 is 0 Å². The maximum Gasteiger partial charge on any atom is 0.497 e. The highest BCUT2D eigenvalue weighted by atomic mass is 28.4. The lowest BCUT2D eigenvalue weighted by Crippen LogP contribution is -2.39. The van der Waals surface area contributed by atoms with Gasteiger partial charge in [-0.15, -0.1) is 0 Å². The second-order valence-corrected chi connectivity index (χ2v) is 5.32. The third kappa shape index (κ3) is 4.52. The molecular formula is C7H18O3Si. The highest BCUT2D eigenvalue weighted by Gasteiger charge is 2.32. The molecule has 11 heavy (non-hydrogen) atoms. The summed E-state index contributed by atoms with van der Waals surface area (Å²) in [7, 11) is 0.269. The average Bonchev–Trinajstić information content (AvgIpc) is 2.05. The zero-order valence-corrected chi connectivity index (χ0v) is 8.59. The number of unbranched alkanes of at least 4 members (excludes halogenated alkanes) is 2. The monoisotopic (exact) mass is 178 g/mol. The Morgan fingerprint density at radius 1 is 1.18 bits per heavy atom. The van der Waals surface area contributed by atoms with E-state index in [1.54, 1.807) is 0 Å². The number of hydrogen-bond donors (Lipinski definition) is 1. The van der Waals surface area contributed by atoms with E-state index >= 15 is 0 Å². The predicted octanol–water partition coefficient (Wildman–Crippen LogP) is 1.40. The van der Waals surface area contributed by atoms with Crippen molar-refractivity contribution in [3.05, 3.63) is 0 Å². The summed E-state index contributed by atoms with van der Waals surface area (Å²) in [5, 5.41) is 0. The number of hydrogen-bond acceptors (Lipinski definition) is 3. The molecule has 1 N–H and O–H groups in total. The average molecular weight is 178 g/mol. The fraction of sp³-hybridized carbons (Fsp3) is 1.00. The second-order valence-electron chi connectivity index (χ2n) is 2.58. The lowest BCUT2D eigenvalue weighted by atomic mass is 10.3. The Labute approximate surface area is 69.7 Å². The lowest BCUT2D eigenvalue weighted by Gasteiger charge is -2.18. The second kappa shape index (κ2) is 5.71. The Kier molecular flexibility index (Phi) is 5.76. The van der Waals surface area contributed by atoms with Crippen LogP contribution in [-0.4, -0.2) is 27.8 Å². The minimum absolute atomic E-state index is 0.674. The summed E-state index contributed by atoms with van der Waals surface area (Å²) >= 11 is 0. The van der Waals surface area contributed by atoms with Gasteiger partial charge in [-0.2, -0.15) is 0 Å². The van der Waals surface area contributed by atoms with Gasteiger partial charge in [0, 0.05) is 20.3 Å². The topological polar surface area (TPSA) is 38.7 Å². The highest BCUT2D eigenvalue weighted by molar-refractivity contribution is 6.59. The molecule has 0 rings (SSSR count). The summed E-state index contributed by atoms with van der Waals surface area (Å²) in [5.41, 5.74) is 0. The van der Waals surface area contributed by atoms with Crippen molar-refractivity contribution in [2.24, 2.45) is 0 Å². The van der Waals surface area contributed by atoms with Gasteiger partial charge in [0.05, 0.1) is 0 Å². The van der Waals surface area contributed by atoms with Crippen molar-refractivity contribution in [3.63, 3.8) is 0 Å². The first-order chi connectivity index (χ1) is 5.18. The Hall–Kier alpha value is 0.0969. The largest absolute Gasteiger partial charge is 0.497 e. The van der Waals surface area contributed by atoms with E-state index in [2.05, 4.69) is 6.92 Å². The summed E-state index contributed by atoms with van der Waals surface area (Å²) in [6.45, 7) is 2.13. The van der Waals surface area contributed by atoms with Gasteiger partial charge in [0.1, 0.15) is 0 Å². The van der Waals surface area contributed by atoms with Crippen LogP contribution in [0.5, 0.6) is 0 Å². The molecule has 0 heterocycles. The van der Waals surface area contributed by atoms with Gasteiger partial charge >= 0.3 is 8.80 Å². The molecule has 0 saturated carbocycles. The van der Waals surface area contributed by atoms with Crippen LogP contribution < -0.4 is 0 Å². The molecule has 0 aliphatic carbocycles. The van der Waals surface area contributed by atoms with Crippen molar-refractivity contribution in [2.75, 3.05) is 14.2 Å². The molecule has 0 aliphatic rings. The van der Waals surface area contributed by atoms with E-state index in [0.29, 0.717) is 6.04 Å². The van der Waals surface area contributed by atoms with Crippen LogP contribution in [0.3, 0.4) is 0 Å². The summed E-state index contributed by atoms with van der Waals surface area (Å²) < 4.78 is 9.81.